The third-order valence-corrected chi connectivity index (χ3v) is 3.73. The molecule has 1 saturated heterocycles. The maximum atomic E-state index is 12.2. The minimum atomic E-state index is 0.261. The van der Waals surface area contributed by atoms with Gasteiger partial charge in [0.05, 0.1) is 6.54 Å². The van der Waals surface area contributed by atoms with Gasteiger partial charge in [-0.05, 0) is 38.8 Å². The van der Waals surface area contributed by atoms with Gasteiger partial charge in [0, 0.05) is 11.6 Å². The number of hydrogen-bond donors (Lipinski definition) is 0. The molecule has 0 spiro atoms. The monoisotopic (exact) mass is 231 g/mol. The van der Waals surface area contributed by atoms with Crippen molar-refractivity contribution in [2.75, 3.05) is 13.1 Å². The molecule has 17 heavy (non-hydrogen) atoms. The highest BCUT2D eigenvalue weighted by molar-refractivity contribution is 5.98. The molecule has 2 heteroatoms. The summed E-state index contributed by atoms with van der Waals surface area (Å²) in [5.74, 6) is 0.261. The van der Waals surface area contributed by atoms with Crippen molar-refractivity contribution in [3.63, 3.8) is 0 Å². The molecule has 2 rings (SSSR count). The number of likely N-dealkylation sites (tertiary alicyclic amines) is 1. The second-order valence-corrected chi connectivity index (χ2v) is 5.05. The molecule has 1 aliphatic rings. The van der Waals surface area contributed by atoms with Gasteiger partial charge in [0.1, 0.15) is 0 Å². The molecule has 1 fully saturated rings. The van der Waals surface area contributed by atoms with Gasteiger partial charge in [-0.1, -0.05) is 30.7 Å². The number of Topliss-reactive ketones (excluding diaryl/α,β-unsaturated/α-hetero) is 1. The quantitative estimate of drug-likeness (QED) is 0.745. The first-order chi connectivity index (χ1) is 8.18. The summed E-state index contributed by atoms with van der Waals surface area (Å²) in [6.45, 7) is 5.88. The van der Waals surface area contributed by atoms with Crippen LogP contribution in [0.1, 0.15) is 42.1 Å². The topological polar surface area (TPSA) is 20.3 Å². The van der Waals surface area contributed by atoms with Gasteiger partial charge in [-0.3, -0.25) is 9.69 Å². The van der Waals surface area contributed by atoms with E-state index in [0.717, 1.165) is 17.7 Å². The number of carbonyl (C=O) groups is 1. The van der Waals surface area contributed by atoms with Crippen LogP contribution in [0.25, 0.3) is 0 Å². The molecule has 92 valence electrons. The molecule has 0 N–H and O–H groups in total. The highest BCUT2D eigenvalue weighted by Gasteiger charge is 2.21. The van der Waals surface area contributed by atoms with Gasteiger partial charge in [0.25, 0.3) is 0 Å². The zero-order chi connectivity index (χ0) is 12.3. The molecule has 0 aliphatic carbocycles. The standard InChI is InChI=1S/C15H21NO/c1-12-7-3-4-9-14(12)15(17)11-16-10-6-5-8-13(16)2/h3-4,7,9,13H,5-6,8,10-11H2,1-2H3. The lowest BCUT2D eigenvalue weighted by Crippen LogP contribution is -2.40. The zero-order valence-electron chi connectivity index (χ0n) is 10.8. The first-order valence-corrected chi connectivity index (χ1v) is 6.51. The molecule has 1 aromatic rings. The fraction of sp³-hybridized carbons (Fsp3) is 0.533. The Morgan fingerprint density at radius 2 is 2.12 bits per heavy atom. The van der Waals surface area contributed by atoms with E-state index < -0.39 is 0 Å². The average Bonchev–Trinajstić information content (AvgIpc) is 2.32. The summed E-state index contributed by atoms with van der Waals surface area (Å²) in [7, 11) is 0. The van der Waals surface area contributed by atoms with Crippen LogP contribution < -0.4 is 0 Å². The van der Waals surface area contributed by atoms with Crippen LogP contribution >= 0.6 is 0 Å². The Hall–Kier alpha value is -1.15. The minimum Gasteiger partial charge on any atom is -0.293 e. The smallest absolute Gasteiger partial charge is 0.177 e. The van der Waals surface area contributed by atoms with Crippen molar-refractivity contribution in [3.8, 4) is 0 Å². The third kappa shape index (κ3) is 2.95. The largest absolute Gasteiger partial charge is 0.293 e. The second kappa shape index (κ2) is 5.46. The van der Waals surface area contributed by atoms with Gasteiger partial charge in [0.15, 0.2) is 5.78 Å². The fourth-order valence-corrected chi connectivity index (χ4v) is 2.55. The average molecular weight is 231 g/mol. The predicted octanol–water partition coefficient (Wildman–Crippen LogP) is 3.05. The number of hydrogen-bond acceptors (Lipinski definition) is 2. The molecule has 0 amide bonds. The van der Waals surface area contributed by atoms with Crippen LogP contribution in [0.5, 0.6) is 0 Å². The van der Waals surface area contributed by atoms with Gasteiger partial charge in [0.2, 0.25) is 0 Å². The van der Waals surface area contributed by atoms with Crippen LogP contribution in [0.4, 0.5) is 0 Å². The van der Waals surface area contributed by atoms with E-state index in [1.54, 1.807) is 0 Å². The molecular formula is C15H21NO. The lowest BCUT2D eigenvalue weighted by Gasteiger charge is -2.32. The van der Waals surface area contributed by atoms with E-state index in [1.807, 2.05) is 31.2 Å². The molecule has 0 saturated carbocycles. The van der Waals surface area contributed by atoms with Gasteiger partial charge in [-0.25, -0.2) is 0 Å². The van der Waals surface area contributed by atoms with Crippen molar-refractivity contribution in [2.45, 2.75) is 39.2 Å². The lowest BCUT2D eigenvalue weighted by atomic mass is 10.0. The maximum absolute atomic E-state index is 12.2. The number of piperidine rings is 1. The van der Waals surface area contributed by atoms with E-state index in [0.29, 0.717) is 12.6 Å². The van der Waals surface area contributed by atoms with Crippen LogP contribution in [-0.4, -0.2) is 29.8 Å². The van der Waals surface area contributed by atoms with E-state index in [1.165, 1.54) is 19.3 Å². The van der Waals surface area contributed by atoms with E-state index >= 15 is 0 Å². The van der Waals surface area contributed by atoms with Gasteiger partial charge in [-0.15, -0.1) is 0 Å². The second-order valence-electron chi connectivity index (χ2n) is 5.05. The number of nitrogens with zero attached hydrogens (tertiary/aromatic N) is 1. The number of rotatable bonds is 3. The van der Waals surface area contributed by atoms with Crippen molar-refractivity contribution in [1.82, 2.24) is 4.90 Å². The van der Waals surface area contributed by atoms with Crippen molar-refractivity contribution in [2.24, 2.45) is 0 Å². The Morgan fingerprint density at radius 3 is 2.82 bits per heavy atom. The first kappa shape index (κ1) is 12.3. The van der Waals surface area contributed by atoms with Crippen molar-refractivity contribution in [1.29, 1.82) is 0 Å². The van der Waals surface area contributed by atoms with E-state index in [-0.39, 0.29) is 5.78 Å². The van der Waals surface area contributed by atoms with Crippen LogP contribution in [0.2, 0.25) is 0 Å². The van der Waals surface area contributed by atoms with Gasteiger partial charge < -0.3 is 0 Å². The molecule has 1 unspecified atom stereocenters. The van der Waals surface area contributed by atoms with Crippen LogP contribution in [-0.2, 0) is 0 Å². The first-order valence-electron chi connectivity index (χ1n) is 6.51. The summed E-state index contributed by atoms with van der Waals surface area (Å²) < 4.78 is 0. The summed E-state index contributed by atoms with van der Waals surface area (Å²) in [5, 5.41) is 0. The minimum absolute atomic E-state index is 0.261. The van der Waals surface area contributed by atoms with Gasteiger partial charge in [-0.2, -0.15) is 0 Å². The molecule has 0 aromatic heterocycles. The lowest BCUT2D eigenvalue weighted by molar-refractivity contribution is 0.0859. The number of benzene rings is 1. The van der Waals surface area contributed by atoms with Gasteiger partial charge >= 0.3 is 0 Å². The Labute approximate surface area is 104 Å². The normalized spacial score (nSPS) is 21.4. The van der Waals surface area contributed by atoms with E-state index in [4.69, 9.17) is 0 Å². The molecule has 1 heterocycles. The number of ketones is 1. The summed E-state index contributed by atoms with van der Waals surface area (Å²) in [5.41, 5.74) is 1.97. The molecule has 0 radical (unpaired) electrons. The highest BCUT2D eigenvalue weighted by atomic mass is 16.1. The summed E-state index contributed by atoms with van der Waals surface area (Å²) in [4.78, 5) is 14.6. The summed E-state index contributed by atoms with van der Waals surface area (Å²) in [6, 6.07) is 8.42. The summed E-state index contributed by atoms with van der Waals surface area (Å²) >= 11 is 0. The van der Waals surface area contributed by atoms with Crippen molar-refractivity contribution < 1.29 is 4.79 Å². The maximum Gasteiger partial charge on any atom is 0.177 e. The third-order valence-electron chi connectivity index (χ3n) is 3.73. The fourth-order valence-electron chi connectivity index (χ4n) is 2.55. The number of aryl methyl sites for hydroxylation is 1. The zero-order valence-corrected chi connectivity index (χ0v) is 10.8. The summed E-state index contributed by atoms with van der Waals surface area (Å²) in [6.07, 6.45) is 3.75. The van der Waals surface area contributed by atoms with Crippen LogP contribution in [0.15, 0.2) is 24.3 Å². The molecule has 1 aromatic carbocycles. The van der Waals surface area contributed by atoms with E-state index in [2.05, 4.69) is 11.8 Å². The number of carbonyl (C=O) groups excluding carboxylic acids is 1. The SMILES string of the molecule is Cc1ccccc1C(=O)CN1CCCCC1C. The Morgan fingerprint density at radius 1 is 1.35 bits per heavy atom. The van der Waals surface area contributed by atoms with Crippen molar-refractivity contribution in [3.05, 3.63) is 35.4 Å². The molecule has 2 nitrogen and oxygen atoms in total. The molecule has 0 bridgehead atoms. The van der Waals surface area contributed by atoms with Crippen molar-refractivity contribution >= 4 is 5.78 Å². The highest BCUT2D eigenvalue weighted by Crippen LogP contribution is 2.17. The van der Waals surface area contributed by atoms with Crippen LogP contribution in [0.3, 0.4) is 0 Å². The molecule has 1 atom stereocenters. The van der Waals surface area contributed by atoms with E-state index in [9.17, 15) is 4.79 Å². The van der Waals surface area contributed by atoms with Crippen LogP contribution in [0, 0.1) is 6.92 Å². The Bertz CT molecular complexity index is 400. The Kier molecular flexibility index (Phi) is 3.95. The molecule has 1 aliphatic heterocycles. The predicted molar refractivity (Wildman–Crippen MR) is 70.4 cm³/mol. The Balaban J connectivity index is 2.04. The molecular weight excluding hydrogens is 210 g/mol.